The normalized spacial score (nSPS) is 14.2. The first-order valence-corrected chi connectivity index (χ1v) is 7.79. The van der Waals surface area contributed by atoms with Crippen LogP contribution in [-0.2, 0) is 13.0 Å². The van der Waals surface area contributed by atoms with Gasteiger partial charge in [0.2, 0.25) is 5.95 Å². The Hall–Kier alpha value is -1.89. The van der Waals surface area contributed by atoms with Crippen LogP contribution in [0.15, 0.2) is 0 Å². The summed E-state index contributed by atoms with van der Waals surface area (Å²) in [6, 6.07) is 0. The molecule has 0 aromatic carbocycles. The zero-order chi connectivity index (χ0) is 15.1. The van der Waals surface area contributed by atoms with Gasteiger partial charge in [-0.15, -0.1) is 11.3 Å². The first-order valence-electron chi connectivity index (χ1n) is 6.97. The number of hydrogen-bond donors (Lipinski definition) is 1. The molecule has 0 unspecified atom stereocenters. The Kier molecular flexibility index (Phi) is 3.44. The van der Waals surface area contributed by atoms with Gasteiger partial charge in [0, 0.05) is 43.2 Å². The summed E-state index contributed by atoms with van der Waals surface area (Å²) in [5.41, 5.74) is 9.13. The summed E-state index contributed by atoms with van der Waals surface area (Å²) in [5.74, 6) is 1.77. The van der Waals surface area contributed by atoms with E-state index in [1.807, 2.05) is 25.9 Å². The lowest BCUT2D eigenvalue weighted by molar-refractivity contribution is 0.712. The third-order valence-corrected chi connectivity index (χ3v) is 4.71. The van der Waals surface area contributed by atoms with Crippen molar-refractivity contribution in [2.75, 3.05) is 36.2 Å². The van der Waals surface area contributed by atoms with Crippen molar-refractivity contribution in [2.45, 2.75) is 26.8 Å². The minimum absolute atomic E-state index is 0.659. The van der Waals surface area contributed by atoms with Crippen LogP contribution in [0.3, 0.4) is 0 Å². The average Bonchev–Trinajstić information content (AvgIpc) is 2.80. The molecular weight excluding hydrogens is 284 g/mol. The molecule has 0 amide bonds. The fourth-order valence-corrected chi connectivity index (χ4v) is 3.40. The molecule has 3 heterocycles. The zero-order valence-corrected chi connectivity index (χ0v) is 13.7. The second-order valence-corrected chi connectivity index (χ2v) is 6.66. The van der Waals surface area contributed by atoms with Gasteiger partial charge in [0.05, 0.1) is 12.2 Å². The van der Waals surface area contributed by atoms with E-state index in [9.17, 15) is 0 Å². The Bertz CT molecular complexity index is 678. The monoisotopic (exact) mass is 304 g/mol. The van der Waals surface area contributed by atoms with Gasteiger partial charge in [-0.3, -0.25) is 0 Å². The van der Waals surface area contributed by atoms with E-state index < -0.39 is 0 Å². The van der Waals surface area contributed by atoms with Crippen LogP contribution < -0.4 is 15.5 Å². The van der Waals surface area contributed by atoms with Gasteiger partial charge in [0.1, 0.15) is 5.82 Å². The van der Waals surface area contributed by atoms with E-state index in [1.54, 1.807) is 11.3 Å². The standard InChI is InChI=1S/C14H20N6S/c1-8-9(2)16-14(19(3)4)18-12(8)20-6-5-10-11(7-20)21-13(15)17-10/h5-7H2,1-4H3,(H2,15,17). The maximum absolute atomic E-state index is 5.82. The van der Waals surface area contributed by atoms with E-state index in [4.69, 9.17) is 10.7 Å². The van der Waals surface area contributed by atoms with Crippen molar-refractivity contribution in [2.24, 2.45) is 0 Å². The number of thiazole rings is 1. The van der Waals surface area contributed by atoms with Crippen LogP contribution in [-0.4, -0.2) is 35.6 Å². The summed E-state index contributed by atoms with van der Waals surface area (Å²) in [4.78, 5) is 19.2. The molecule has 2 aromatic rings. The number of anilines is 3. The van der Waals surface area contributed by atoms with Crippen molar-refractivity contribution < 1.29 is 0 Å². The van der Waals surface area contributed by atoms with Crippen molar-refractivity contribution in [3.05, 3.63) is 21.8 Å². The zero-order valence-electron chi connectivity index (χ0n) is 12.8. The third kappa shape index (κ3) is 2.53. The quantitative estimate of drug-likeness (QED) is 0.911. The van der Waals surface area contributed by atoms with Gasteiger partial charge < -0.3 is 15.5 Å². The summed E-state index contributed by atoms with van der Waals surface area (Å²) in [5, 5.41) is 0.659. The summed E-state index contributed by atoms with van der Waals surface area (Å²) in [7, 11) is 3.93. The molecule has 21 heavy (non-hydrogen) atoms. The van der Waals surface area contributed by atoms with E-state index in [0.29, 0.717) is 5.13 Å². The number of nitrogen functional groups attached to an aromatic ring is 1. The summed E-state index contributed by atoms with van der Waals surface area (Å²) < 4.78 is 0. The Labute approximate surface area is 128 Å². The van der Waals surface area contributed by atoms with Crippen LogP contribution in [0.1, 0.15) is 21.8 Å². The molecule has 1 aliphatic heterocycles. The van der Waals surface area contributed by atoms with Crippen LogP contribution in [0, 0.1) is 13.8 Å². The third-order valence-electron chi connectivity index (χ3n) is 3.80. The molecule has 1 aliphatic rings. The fourth-order valence-electron chi connectivity index (χ4n) is 2.50. The second kappa shape index (κ2) is 5.14. The molecule has 0 saturated heterocycles. The summed E-state index contributed by atoms with van der Waals surface area (Å²) >= 11 is 1.58. The average molecular weight is 304 g/mol. The van der Waals surface area contributed by atoms with Gasteiger partial charge in [0.15, 0.2) is 5.13 Å². The molecule has 0 aliphatic carbocycles. The van der Waals surface area contributed by atoms with Gasteiger partial charge in [-0.05, 0) is 13.8 Å². The second-order valence-electron chi connectivity index (χ2n) is 5.55. The molecule has 2 N–H and O–H groups in total. The van der Waals surface area contributed by atoms with Crippen molar-refractivity contribution in [1.29, 1.82) is 0 Å². The Balaban J connectivity index is 1.98. The molecule has 0 bridgehead atoms. The lowest BCUT2D eigenvalue weighted by Crippen LogP contribution is -2.32. The highest BCUT2D eigenvalue weighted by atomic mass is 32.1. The van der Waals surface area contributed by atoms with Crippen molar-refractivity contribution >= 4 is 28.2 Å². The van der Waals surface area contributed by atoms with Gasteiger partial charge in [0.25, 0.3) is 0 Å². The molecule has 0 saturated carbocycles. The van der Waals surface area contributed by atoms with Crippen molar-refractivity contribution in [3.8, 4) is 0 Å². The predicted molar refractivity (Wildman–Crippen MR) is 87.1 cm³/mol. The number of aromatic nitrogens is 3. The van der Waals surface area contributed by atoms with Crippen molar-refractivity contribution in [3.63, 3.8) is 0 Å². The Morgan fingerprint density at radius 1 is 1.19 bits per heavy atom. The highest BCUT2D eigenvalue weighted by molar-refractivity contribution is 7.15. The number of rotatable bonds is 2. The Morgan fingerprint density at radius 3 is 2.67 bits per heavy atom. The minimum atomic E-state index is 0.659. The topological polar surface area (TPSA) is 71.2 Å². The van der Waals surface area contributed by atoms with E-state index in [1.165, 1.54) is 4.88 Å². The van der Waals surface area contributed by atoms with Crippen LogP contribution in [0.5, 0.6) is 0 Å². The molecule has 7 heteroatoms. The van der Waals surface area contributed by atoms with Crippen LogP contribution >= 0.6 is 11.3 Å². The van der Waals surface area contributed by atoms with Gasteiger partial charge in [-0.2, -0.15) is 4.98 Å². The van der Waals surface area contributed by atoms with E-state index in [0.717, 1.165) is 48.2 Å². The van der Waals surface area contributed by atoms with Crippen LogP contribution in [0.2, 0.25) is 0 Å². The maximum Gasteiger partial charge on any atom is 0.227 e. The summed E-state index contributed by atoms with van der Waals surface area (Å²) in [6.45, 7) is 5.86. The lowest BCUT2D eigenvalue weighted by Gasteiger charge is -2.29. The highest BCUT2D eigenvalue weighted by Crippen LogP contribution is 2.31. The molecular formula is C14H20N6S. The number of fused-ring (bicyclic) bond motifs is 1. The molecule has 2 aromatic heterocycles. The largest absolute Gasteiger partial charge is 0.375 e. The number of nitrogens with two attached hydrogens (primary N) is 1. The Morgan fingerprint density at radius 2 is 1.95 bits per heavy atom. The molecule has 0 spiro atoms. The van der Waals surface area contributed by atoms with E-state index in [2.05, 4.69) is 21.8 Å². The maximum atomic E-state index is 5.82. The lowest BCUT2D eigenvalue weighted by atomic mass is 10.1. The fraction of sp³-hybridized carbons (Fsp3) is 0.500. The van der Waals surface area contributed by atoms with Gasteiger partial charge in [-0.25, -0.2) is 9.97 Å². The van der Waals surface area contributed by atoms with Crippen molar-refractivity contribution in [1.82, 2.24) is 15.0 Å². The first kappa shape index (κ1) is 14.1. The number of hydrogen-bond acceptors (Lipinski definition) is 7. The smallest absolute Gasteiger partial charge is 0.227 e. The molecule has 112 valence electrons. The van der Waals surface area contributed by atoms with E-state index in [-0.39, 0.29) is 0 Å². The molecule has 3 rings (SSSR count). The first-order chi connectivity index (χ1) is 9.95. The minimum Gasteiger partial charge on any atom is -0.375 e. The highest BCUT2D eigenvalue weighted by Gasteiger charge is 2.23. The SMILES string of the molecule is Cc1nc(N(C)C)nc(N2CCc3nc(N)sc3C2)c1C. The molecule has 0 atom stereocenters. The van der Waals surface area contributed by atoms with Gasteiger partial charge >= 0.3 is 0 Å². The van der Waals surface area contributed by atoms with Gasteiger partial charge in [-0.1, -0.05) is 0 Å². The van der Waals surface area contributed by atoms with E-state index >= 15 is 0 Å². The van der Waals surface area contributed by atoms with Crippen LogP contribution in [0.25, 0.3) is 0 Å². The van der Waals surface area contributed by atoms with Crippen LogP contribution in [0.4, 0.5) is 16.9 Å². The molecule has 0 fully saturated rings. The predicted octanol–water partition coefficient (Wildman–Crippen LogP) is 1.76. The number of aryl methyl sites for hydroxylation is 1. The molecule has 0 radical (unpaired) electrons. The number of nitrogens with zero attached hydrogens (tertiary/aromatic N) is 5. The summed E-state index contributed by atoms with van der Waals surface area (Å²) in [6.07, 6.45) is 0.919. The molecule has 6 nitrogen and oxygen atoms in total.